The topological polar surface area (TPSA) is 47.6 Å². The molecule has 0 aliphatic carbocycles. The highest BCUT2D eigenvalue weighted by molar-refractivity contribution is 5.86. The van der Waals surface area contributed by atoms with Crippen LogP contribution in [0.3, 0.4) is 0 Å². The van der Waals surface area contributed by atoms with Gasteiger partial charge in [-0.05, 0) is 49.9 Å². The van der Waals surface area contributed by atoms with Crippen molar-refractivity contribution in [2.75, 3.05) is 37.6 Å². The largest absolute Gasteiger partial charge is 0.355 e. The molecule has 4 rings (SSSR count). The van der Waals surface area contributed by atoms with Crippen LogP contribution in [-0.4, -0.2) is 47.0 Å². The van der Waals surface area contributed by atoms with Crippen molar-refractivity contribution in [3.8, 4) is 6.07 Å². The van der Waals surface area contributed by atoms with Crippen LogP contribution in [0.5, 0.6) is 0 Å². The highest BCUT2D eigenvalue weighted by Gasteiger charge is 2.26. The minimum atomic E-state index is 0.724. The SMILES string of the molecule is C=C(C)CN1CCN(c2c(CCCCCCCC)c(C)c(C#N)c3nc4ccccc4n23)CC1. The van der Waals surface area contributed by atoms with E-state index in [1.54, 1.807) is 0 Å². The van der Waals surface area contributed by atoms with E-state index >= 15 is 0 Å². The van der Waals surface area contributed by atoms with E-state index < -0.39 is 0 Å². The van der Waals surface area contributed by atoms with E-state index in [1.807, 2.05) is 6.07 Å². The molecular formula is C29H39N5. The lowest BCUT2D eigenvalue weighted by molar-refractivity contribution is 0.277. The van der Waals surface area contributed by atoms with Crippen LogP contribution >= 0.6 is 0 Å². The third-order valence-electron chi connectivity index (χ3n) is 7.15. The molecule has 5 heteroatoms. The van der Waals surface area contributed by atoms with Gasteiger partial charge in [-0.15, -0.1) is 0 Å². The van der Waals surface area contributed by atoms with Gasteiger partial charge in [0.25, 0.3) is 0 Å². The number of piperazine rings is 1. The Labute approximate surface area is 204 Å². The molecule has 0 saturated carbocycles. The fraction of sp³-hybridized carbons (Fsp3) is 0.517. The Balaban J connectivity index is 1.75. The van der Waals surface area contributed by atoms with Gasteiger partial charge in [-0.25, -0.2) is 4.98 Å². The summed E-state index contributed by atoms with van der Waals surface area (Å²) in [4.78, 5) is 9.95. The zero-order valence-electron chi connectivity index (χ0n) is 21.2. The maximum absolute atomic E-state index is 10.1. The molecule has 1 aliphatic rings. The monoisotopic (exact) mass is 457 g/mol. The van der Waals surface area contributed by atoms with Crippen LogP contribution in [0.25, 0.3) is 16.7 Å². The fourth-order valence-corrected chi connectivity index (χ4v) is 5.38. The number of aromatic nitrogens is 2. The Kier molecular flexibility index (Phi) is 7.90. The number of hydrogen-bond donors (Lipinski definition) is 0. The Morgan fingerprint density at radius 2 is 1.76 bits per heavy atom. The number of fused-ring (bicyclic) bond motifs is 3. The highest BCUT2D eigenvalue weighted by atomic mass is 15.3. The number of anilines is 1. The van der Waals surface area contributed by atoms with Gasteiger partial charge in [-0.3, -0.25) is 9.30 Å². The van der Waals surface area contributed by atoms with Crippen molar-refractivity contribution in [1.82, 2.24) is 14.3 Å². The van der Waals surface area contributed by atoms with E-state index in [9.17, 15) is 5.26 Å². The molecule has 0 N–H and O–H groups in total. The van der Waals surface area contributed by atoms with Crippen LogP contribution in [0.4, 0.5) is 5.82 Å². The second kappa shape index (κ2) is 11.1. The van der Waals surface area contributed by atoms with E-state index in [-0.39, 0.29) is 0 Å². The second-order valence-electron chi connectivity index (χ2n) is 9.91. The van der Waals surface area contributed by atoms with Gasteiger partial charge in [-0.1, -0.05) is 63.3 Å². The van der Waals surface area contributed by atoms with E-state index in [4.69, 9.17) is 4.98 Å². The van der Waals surface area contributed by atoms with E-state index in [1.165, 1.54) is 49.1 Å². The molecule has 3 aromatic rings. The summed E-state index contributed by atoms with van der Waals surface area (Å²) < 4.78 is 2.28. The van der Waals surface area contributed by atoms with Crippen molar-refractivity contribution in [3.05, 3.63) is 53.1 Å². The van der Waals surface area contributed by atoms with E-state index in [0.29, 0.717) is 0 Å². The first-order chi connectivity index (χ1) is 16.5. The molecule has 2 aromatic heterocycles. The second-order valence-corrected chi connectivity index (χ2v) is 9.91. The summed E-state index contributed by atoms with van der Waals surface area (Å²) in [6, 6.07) is 10.8. The molecule has 34 heavy (non-hydrogen) atoms. The number of unbranched alkanes of at least 4 members (excludes halogenated alkanes) is 5. The van der Waals surface area contributed by atoms with E-state index in [0.717, 1.165) is 73.4 Å². The Morgan fingerprint density at radius 1 is 1.06 bits per heavy atom. The van der Waals surface area contributed by atoms with Crippen LogP contribution in [-0.2, 0) is 6.42 Å². The molecule has 0 unspecified atom stereocenters. The average molecular weight is 458 g/mol. The Hall–Kier alpha value is -2.84. The smallest absolute Gasteiger partial charge is 0.157 e. The van der Waals surface area contributed by atoms with Crippen LogP contribution in [0, 0.1) is 18.3 Å². The molecule has 0 amide bonds. The summed E-state index contributed by atoms with van der Waals surface area (Å²) in [5.74, 6) is 1.25. The fourth-order valence-electron chi connectivity index (χ4n) is 5.38. The molecule has 180 valence electrons. The van der Waals surface area contributed by atoms with Crippen LogP contribution in [0.15, 0.2) is 36.4 Å². The normalized spacial score (nSPS) is 14.7. The molecule has 1 aromatic carbocycles. The van der Waals surface area contributed by atoms with Gasteiger partial charge in [0, 0.05) is 32.7 Å². The number of hydrogen-bond acceptors (Lipinski definition) is 4. The summed E-state index contributed by atoms with van der Waals surface area (Å²) in [6.45, 7) is 15.6. The van der Waals surface area contributed by atoms with Gasteiger partial charge >= 0.3 is 0 Å². The van der Waals surface area contributed by atoms with Crippen molar-refractivity contribution >= 4 is 22.5 Å². The standard InChI is InChI=1S/C29H39N5/c1-5-6-7-8-9-10-13-24-23(4)25(20-30)28-31-26-14-11-12-15-27(26)34(28)29(24)33-18-16-32(17-19-33)21-22(2)3/h11-12,14-15H,2,5-10,13,16-19,21H2,1,3-4H3. The number of benzene rings is 1. The van der Waals surface area contributed by atoms with Crippen LogP contribution in [0.2, 0.25) is 0 Å². The molecule has 1 saturated heterocycles. The lowest BCUT2D eigenvalue weighted by Crippen LogP contribution is -2.47. The van der Waals surface area contributed by atoms with Crippen LogP contribution in [0.1, 0.15) is 69.1 Å². The summed E-state index contributed by atoms with van der Waals surface area (Å²) in [7, 11) is 0. The molecule has 1 aliphatic heterocycles. The van der Waals surface area contributed by atoms with Crippen LogP contribution < -0.4 is 4.90 Å². The number of pyridine rings is 1. The first-order valence-corrected chi connectivity index (χ1v) is 13.0. The highest BCUT2D eigenvalue weighted by Crippen LogP contribution is 2.34. The van der Waals surface area contributed by atoms with Crippen molar-refractivity contribution in [3.63, 3.8) is 0 Å². The van der Waals surface area contributed by atoms with Gasteiger partial charge < -0.3 is 4.90 Å². The van der Waals surface area contributed by atoms with Gasteiger partial charge in [0.1, 0.15) is 11.9 Å². The van der Waals surface area contributed by atoms with Gasteiger partial charge in [0.15, 0.2) is 5.65 Å². The van der Waals surface area contributed by atoms with Crippen molar-refractivity contribution in [1.29, 1.82) is 5.26 Å². The summed E-state index contributed by atoms with van der Waals surface area (Å²) in [5.41, 5.74) is 7.23. The predicted octanol–water partition coefficient (Wildman–Crippen LogP) is 6.27. The van der Waals surface area contributed by atoms with Gasteiger partial charge in [0.2, 0.25) is 0 Å². The molecule has 5 nitrogen and oxygen atoms in total. The Bertz CT molecular complexity index is 1190. The number of imidazole rings is 1. The zero-order chi connectivity index (χ0) is 24.1. The molecule has 0 bridgehead atoms. The molecule has 1 fully saturated rings. The summed E-state index contributed by atoms with van der Waals surface area (Å²) in [6.07, 6.45) is 8.63. The predicted molar refractivity (Wildman–Crippen MR) is 143 cm³/mol. The third-order valence-corrected chi connectivity index (χ3v) is 7.15. The number of nitriles is 1. The van der Waals surface area contributed by atoms with Gasteiger partial charge in [-0.2, -0.15) is 5.26 Å². The van der Waals surface area contributed by atoms with Crippen molar-refractivity contribution < 1.29 is 0 Å². The summed E-state index contributed by atoms with van der Waals surface area (Å²) in [5, 5.41) is 10.1. The number of rotatable bonds is 10. The molecule has 0 radical (unpaired) electrons. The maximum Gasteiger partial charge on any atom is 0.157 e. The first kappa shape index (κ1) is 24.3. The molecule has 0 atom stereocenters. The van der Waals surface area contributed by atoms with Gasteiger partial charge in [0.05, 0.1) is 16.6 Å². The lowest BCUT2D eigenvalue weighted by Gasteiger charge is -2.38. The minimum Gasteiger partial charge on any atom is -0.355 e. The average Bonchev–Trinajstić information content (AvgIpc) is 3.20. The molecule has 3 heterocycles. The first-order valence-electron chi connectivity index (χ1n) is 13.0. The number of para-hydroxylation sites is 2. The third kappa shape index (κ3) is 4.98. The Morgan fingerprint density at radius 3 is 2.47 bits per heavy atom. The van der Waals surface area contributed by atoms with Crippen molar-refractivity contribution in [2.24, 2.45) is 0 Å². The quantitative estimate of drug-likeness (QED) is 0.266. The lowest BCUT2D eigenvalue weighted by atomic mass is 9.97. The van der Waals surface area contributed by atoms with E-state index in [2.05, 4.69) is 65.8 Å². The minimum absolute atomic E-state index is 0.724. The zero-order valence-corrected chi connectivity index (χ0v) is 21.2. The number of nitrogens with zero attached hydrogens (tertiary/aromatic N) is 5. The maximum atomic E-state index is 10.1. The molecular weight excluding hydrogens is 418 g/mol. The van der Waals surface area contributed by atoms with Crippen molar-refractivity contribution in [2.45, 2.75) is 65.7 Å². The molecule has 0 spiro atoms. The summed E-state index contributed by atoms with van der Waals surface area (Å²) >= 11 is 0.